The largest absolute Gasteiger partial charge is 0.308 e. The van der Waals surface area contributed by atoms with Crippen molar-refractivity contribution >= 4 is 17.7 Å². The summed E-state index contributed by atoms with van der Waals surface area (Å²) in [4.78, 5) is 15.5. The Hall–Kier alpha value is -2.85. The van der Waals surface area contributed by atoms with Gasteiger partial charge in [-0.2, -0.15) is 0 Å². The molecule has 7 nitrogen and oxygen atoms in total. The quantitative estimate of drug-likeness (QED) is 0.503. The molecule has 2 aromatic heterocycles. The number of hydrogen-bond acceptors (Lipinski definition) is 6. The van der Waals surface area contributed by atoms with Gasteiger partial charge >= 0.3 is 0 Å². The van der Waals surface area contributed by atoms with Crippen LogP contribution in [0, 0.1) is 11.6 Å². The van der Waals surface area contributed by atoms with E-state index in [1.807, 2.05) is 18.2 Å². The van der Waals surface area contributed by atoms with Crippen molar-refractivity contribution in [1.29, 1.82) is 0 Å². The Morgan fingerprint density at radius 2 is 1.96 bits per heavy atom. The molecule has 1 amide bonds. The number of amides is 1. The summed E-state index contributed by atoms with van der Waals surface area (Å²) in [6.07, 6.45) is 3.46. The average Bonchev–Trinajstić information content (AvgIpc) is 3.43. The first-order chi connectivity index (χ1) is 13.5. The van der Waals surface area contributed by atoms with Crippen LogP contribution in [-0.2, 0) is 12.5 Å². The predicted octanol–water partition coefficient (Wildman–Crippen LogP) is 2.84. The molecule has 0 unspecified atom stereocenters. The van der Waals surface area contributed by atoms with Crippen molar-refractivity contribution in [2.45, 2.75) is 28.3 Å². The van der Waals surface area contributed by atoms with E-state index in [2.05, 4.69) is 15.2 Å². The molecular formula is C18H15F2N5O2S. The minimum atomic E-state index is -0.999. The van der Waals surface area contributed by atoms with Crippen LogP contribution in [0.3, 0.4) is 0 Å². The van der Waals surface area contributed by atoms with E-state index in [-0.39, 0.29) is 15.9 Å². The van der Waals surface area contributed by atoms with Crippen LogP contribution < -0.4 is 5.48 Å². The van der Waals surface area contributed by atoms with Crippen LogP contribution in [0.1, 0.15) is 34.7 Å². The second-order valence-corrected chi connectivity index (χ2v) is 7.45. The Labute approximate surface area is 162 Å². The summed E-state index contributed by atoms with van der Waals surface area (Å²) in [5.74, 6) is -2.18. The van der Waals surface area contributed by atoms with Gasteiger partial charge in [0.2, 0.25) is 0 Å². The van der Waals surface area contributed by atoms with E-state index in [0.717, 1.165) is 42.4 Å². The van der Waals surface area contributed by atoms with Gasteiger partial charge in [-0.25, -0.2) is 14.3 Å². The molecule has 0 radical (unpaired) electrons. The lowest BCUT2D eigenvalue weighted by atomic mass is 10.0. The topological polar surface area (TPSA) is 92.9 Å². The summed E-state index contributed by atoms with van der Waals surface area (Å²) in [7, 11) is 1.74. The Morgan fingerprint density at radius 1 is 1.25 bits per heavy atom. The van der Waals surface area contributed by atoms with Crippen LogP contribution in [0.25, 0.3) is 0 Å². The van der Waals surface area contributed by atoms with Gasteiger partial charge in [0.1, 0.15) is 17.5 Å². The van der Waals surface area contributed by atoms with Gasteiger partial charge in [-0.05, 0) is 48.9 Å². The maximum atomic E-state index is 14.4. The molecule has 1 aliphatic carbocycles. The number of nitrogens with one attached hydrogen (secondary N) is 1. The zero-order valence-corrected chi connectivity index (χ0v) is 15.5. The predicted molar refractivity (Wildman–Crippen MR) is 95.0 cm³/mol. The number of hydroxylamine groups is 1. The lowest BCUT2D eigenvalue weighted by Gasteiger charge is -2.14. The molecule has 1 aromatic carbocycles. The Balaban J connectivity index is 1.66. The van der Waals surface area contributed by atoms with Crippen molar-refractivity contribution in [1.82, 2.24) is 25.2 Å². The van der Waals surface area contributed by atoms with Crippen LogP contribution in [0.2, 0.25) is 0 Å². The van der Waals surface area contributed by atoms with Gasteiger partial charge < -0.3 is 4.57 Å². The molecule has 144 valence electrons. The van der Waals surface area contributed by atoms with Gasteiger partial charge in [-0.15, -0.1) is 10.2 Å². The van der Waals surface area contributed by atoms with Crippen molar-refractivity contribution in [3.63, 3.8) is 0 Å². The maximum absolute atomic E-state index is 14.4. The lowest BCUT2D eigenvalue weighted by molar-refractivity contribution is 0.0705. The zero-order valence-electron chi connectivity index (χ0n) is 14.7. The van der Waals surface area contributed by atoms with Gasteiger partial charge in [0, 0.05) is 18.8 Å². The van der Waals surface area contributed by atoms with Crippen molar-refractivity contribution < 1.29 is 18.8 Å². The fourth-order valence-corrected chi connectivity index (χ4v) is 3.93. The van der Waals surface area contributed by atoms with Crippen molar-refractivity contribution in [2.75, 3.05) is 0 Å². The summed E-state index contributed by atoms with van der Waals surface area (Å²) in [6, 6.07) is 7.38. The molecule has 1 fully saturated rings. The number of halogens is 2. The monoisotopic (exact) mass is 403 g/mol. The standard InChI is InChI=1S/C18H15F2N5O2S/c1-25-16(18(5-6-18)13-4-2-3-7-21-13)22-23-17(25)28-14-11(19)8-10(9-12(14)20)15(26)24-27/h2-4,7-9,27H,5-6H2,1H3,(H,24,26). The number of hydrogen-bond donors (Lipinski definition) is 2. The highest BCUT2D eigenvalue weighted by Crippen LogP contribution is 2.52. The molecule has 2 N–H and O–H groups in total. The van der Waals surface area contributed by atoms with E-state index in [1.54, 1.807) is 17.8 Å². The van der Waals surface area contributed by atoms with E-state index in [1.165, 1.54) is 5.48 Å². The number of carbonyl (C=O) groups excluding carboxylic acids is 1. The fraction of sp³-hybridized carbons (Fsp3) is 0.222. The highest BCUT2D eigenvalue weighted by Gasteiger charge is 2.51. The van der Waals surface area contributed by atoms with E-state index < -0.39 is 17.5 Å². The van der Waals surface area contributed by atoms with Gasteiger partial charge in [-0.3, -0.25) is 15.0 Å². The maximum Gasteiger partial charge on any atom is 0.274 e. The summed E-state index contributed by atoms with van der Waals surface area (Å²) < 4.78 is 30.4. The SMILES string of the molecule is Cn1c(Sc2c(F)cc(C(=O)NO)cc2F)nnc1C1(c2ccccn2)CC1. The van der Waals surface area contributed by atoms with Gasteiger partial charge in [0.05, 0.1) is 16.0 Å². The molecule has 0 bridgehead atoms. The Kier molecular flexibility index (Phi) is 4.60. The molecular weight excluding hydrogens is 388 g/mol. The van der Waals surface area contributed by atoms with Crippen LogP contribution in [0.15, 0.2) is 46.6 Å². The molecule has 1 saturated carbocycles. The molecule has 0 spiro atoms. The third-order valence-electron chi connectivity index (χ3n) is 4.72. The number of benzene rings is 1. The molecule has 0 atom stereocenters. The smallest absolute Gasteiger partial charge is 0.274 e. The van der Waals surface area contributed by atoms with Gasteiger partial charge in [-0.1, -0.05) is 6.07 Å². The van der Waals surface area contributed by atoms with Crippen LogP contribution in [0.5, 0.6) is 0 Å². The minimum Gasteiger partial charge on any atom is -0.308 e. The second kappa shape index (κ2) is 6.95. The summed E-state index contributed by atoms with van der Waals surface area (Å²) in [6.45, 7) is 0. The number of pyridine rings is 1. The van der Waals surface area contributed by atoms with Gasteiger partial charge in [0.15, 0.2) is 5.16 Å². The minimum absolute atomic E-state index is 0.306. The molecule has 0 saturated heterocycles. The number of carbonyl (C=O) groups is 1. The summed E-state index contributed by atoms with van der Waals surface area (Å²) in [5, 5.41) is 17.3. The molecule has 10 heteroatoms. The average molecular weight is 403 g/mol. The van der Waals surface area contributed by atoms with E-state index in [0.29, 0.717) is 11.0 Å². The van der Waals surface area contributed by atoms with Crippen molar-refractivity contribution in [2.24, 2.45) is 7.05 Å². The first kappa shape index (κ1) is 18.5. The molecule has 2 heterocycles. The first-order valence-electron chi connectivity index (χ1n) is 8.39. The van der Waals surface area contributed by atoms with Crippen molar-refractivity contribution in [3.8, 4) is 0 Å². The summed E-state index contributed by atoms with van der Waals surface area (Å²) >= 11 is 0.780. The van der Waals surface area contributed by atoms with E-state index >= 15 is 0 Å². The van der Waals surface area contributed by atoms with Crippen LogP contribution in [-0.4, -0.2) is 30.9 Å². The molecule has 0 aliphatic heterocycles. The highest BCUT2D eigenvalue weighted by atomic mass is 32.2. The van der Waals surface area contributed by atoms with E-state index in [4.69, 9.17) is 5.21 Å². The molecule has 3 aromatic rings. The lowest BCUT2D eigenvalue weighted by Crippen LogP contribution is -2.19. The van der Waals surface area contributed by atoms with Crippen LogP contribution in [0.4, 0.5) is 8.78 Å². The Bertz CT molecular complexity index is 1030. The molecule has 1 aliphatic rings. The number of rotatable bonds is 5. The highest BCUT2D eigenvalue weighted by molar-refractivity contribution is 7.99. The first-order valence-corrected chi connectivity index (χ1v) is 9.20. The third-order valence-corrected chi connectivity index (χ3v) is 5.86. The fourth-order valence-electron chi connectivity index (χ4n) is 3.13. The molecule has 28 heavy (non-hydrogen) atoms. The summed E-state index contributed by atoms with van der Waals surface area (Å²) in [5.41, 5.74) is 1.58. The Morgan fingerprint density at radius 3 is 2.54 bits per heavy atom. The van der Waals surface area contributed by atoms with E-state index in [9.17, 15) is 13.6 Å². The van der Waals surface area contributed by atoms with Gasteiger partial charge in [0.25, 0.3) is 5.91 Å². The molecule has 4 rings (SSSR count). The third kappa shape index (κ3) is 3.04. The normalized spacial score (nSPS) is 14.7. The van der Waals surface area contributed by atoms with Crippen LogP contribution >= 0.6 is 11.8 Å². The number of nitrogens with zero attached hydrogens (tertiary/aromatic N) is 4. The van der Waals surface area contributed by atoms with Crippen molar-refractivity contribution in [3.05, 3.63) is 65.2 Å². The number of aromatic nitrogens is 4. The zero-order chi connectivity index (χ0) is 19.9. The second-order valence-electron chi connectivity index (χ2n) is 6.47.